The molecule has 24 heavy (non-hydrogen) atoms. The van der Waals surface area contributed by atoms with Crippen molar-refractivity contribution in [3.8, 4) is 0 Å². The van der Waals surface area contributed by atoms with Crippen molar-refractivity contribution in [3.05, 3.63) is 88.8 Å². The van der Waals surface area contributed by atoms with Crippen molar-refractivity contribution >= 4 is 21.3 Å². The summed E-state index contributed by atoms with van der Waals surface area (Å²) in [6.07, 6.45) is 3.39. The third kappa shape index (κ3) is 3.75. The average molecular weight is 342 g/mol. The largest absolute Gasteiger partial charge is 0.722 e. The molecule has 1 aliphatic rings. The Morgan fingerprint density at radius 3 is 2.50 bits per heavy atom. The predicted octanol–water partition coefficient (Wildman–Crippen LogP) is 4.07. The van der Waals surface area contributed by atoms with Crippen LogP contribution in [-0.4, -0.2) is 13.0 Å². The highest BCUT2D eigenvalue weighted by Gasteiger charge is 2.23. The summed E-state index contributed by atoms with van der Waals surface area (Å²) in [6.45, 7) is 2.15. The summed E-state index contributed by atoms with van der Waals surface area (Å²) in [7, 11) is -5.42. The molecule has 3 nitrogen and oxygen atoms in total. The van der Waals surface area contributed by atoms with Gasteiger partial charge in [0, 0.05) is 29.0 Å². The van der Waals surface area contributed by atoms with Crippen LogP contribution in [0.4, 0.5) is 3.89 Å². The van der Waals surface area contributed by atoms with E-state index in [1.54, 1.807) is 0 Å². The van der Waals surface area contributed by atoms with E-state index >= 15 is 0 Å². The first-order valence-corrected chi connectivity index (χ1v) is 8.72. The third-order valence-electron chi connectivity index (χ3n) is 4.04. The van der Waals surface area contributed by atoms with Crippen molar-refractivity contribution in [3.63, 3.8) is 0 Å². The molecule has 122 valence electrons. The van der Waals surface area contributed by atoms with Crippen LogP contribution in [0.25, 0.3) is 10.8 Å². The van der Waals surface area contributed by atoms with Crippen molar-refractivity contribution in [2.45, 2.75) is 13.3 Å². The van der Waals surface area contributed by atoms with Gasteiger partial charge in [-0.25, -0.2) is 8.42 Å². The maximum absolute atomic E-state index is 10.1. The highest BCUT2D eigenvalue weighted by Crippen LogP contribution is 2.33. The molecule has 0 N–H and O–H groups in total. The molecule has 0 saturated heterocycles. The zero-order valence-electron chi connectivity index (χ0n) is 13.0. The van der Waals surface area contributed by atoms with Gasteiger partial charge in [0.2, 0.25) is 0 Å². The smallest absolute Gasteiger partial charge is 0.255 e. The molecule has 0 atom stereocenters. The van der Waals surface area contributed by atoms with Crippen molar-refractivity contribution < 1.29 is 16.9 Å². The molecule has 1 aliphatic carbocycles. The van der Waals surface area contributed by atoms with Gasteiger partial charge in [-0.1, -0.05) is 6.07 Å². The quantitative estimate of drug-likeness (QED) is 0.275. The monoisotopic (exact) mass is 342 g/mol. The standard InChI is InChI=1S/C19H15.FHO3S/c1-13-6-9-18-16(10-13)7-8-17-11-14-4-2-3-5-15(14)12-19(17)18;1-5(2,3)4/h2-10,12H,11H2,1H3;(H,2,3,4)/q+1;/p-1. The summed E-state index contributed by atoms with van der Waals surface area (Å²) < 4.78 is 35.3. The maximum atomic E-state index is 10.1. The van der Waals surface area contributed by atoms with Crippen LogP contribution in [-0.2, 0) is 16.9 Å². The maximum Gasteiger partial charge on any atom is 0.255 e. The van der Waals surface area contributed by atoms with E-state index in [0.29, 0.717) is 0 Å². The molecular weight excluding hydrogens is 327 g/mol. The van der Waals surface area contributed by atoms with Gasteiger partial charge in [0.15, 0.2) is 0 Å². The van der Waals surface area contributed by atoms with Crippen molar-refractivity contribution in [2.75, 3.05) is 0 Å². The minimum atomic E-state index is -5.42. The Morgan fingerprint density at radius 1 is 1.04 bits per heavy atom. The lowest BCUT2D eigenvalue weighted by molar-refractivity contribution is 0.417. The lowest BCUT2D eigenvalue weighted by atomic mass is 9.83. The van der Waals surface area contributed by atoms with E-state index in [9.17, 15) is 3.89 Å². The van der Waals surface area contributed by atoms with E-state index in [4.69, 9.17) is 13.0 Å². The summed E-state index contributed by atoms with van der Waals surface area (Å²) in [6, 6.07) is 20.0. The first-order valence-electron chi connectivity index (χ1n) is 7.41. The van der Waals surface area contributed by atoms with Crippen LogP contribution in [0.2, 0.25) is 0 Å². The summed E-state index contributed by atoms with van der Waals surface area (Å²) in [5.74, 6) is 0. The van der Waals surface area contributed by atoms with E-state index in [0.717, 1.165) is 6.42 Å². The number of fused-ring (bicyclic) bond motifs is 4. The average Bonchev–Trinajstić information content (AvgIpc) is 2.51. The molecule has 5 heteroatoms. The Balaban J connectivity index is 0.000000300. The SMILES string of the molecule is Cc1ccc2c3c(ccc2c1)Cc1ccccc1[CH+]3.O=S(=O)([O-])F. The van der Waals surface area contributed by atoms with Crippen LogP contribution in [0.15, 0.2) is 54.6 Å². The summed E-state index contributed by atoms with van der Waals surface area (Å²) in [4.78, 5) is 0. The fraction of sp³-hybridized carbons (Fsp3) is 0.105. The normalized spacial score (nSPS) is 12.5. The molecule has 3 aromatic rings. The minimum Gasteiger partial charge on any atom is -0.722 e. The molecule has 0 bridgehead atoms. The van der Waals surface area contributed by atoms with Crippen LogP contribution in [0.5, 0.6) is 0 Å². The fourth-order valence-corrected chi connectivity index (χ4v) is 3.04. The highest BCUT2D eigenvalue weighted by atomic mass is 32.3. The van der Waals surface area contributed by atoms with Gasteiger partial charge in [0.05, 0.1) is 22.9 Å². The van der Waals surface area contributed by atoms with Gasteiger partial charge in [-0.2, -0.15) is 0 Å². The molecule has 0 unspecified atom stereocenters. The molecule has 0 radical (unpaired) electrons. The van der Waals surface area contributed by atoms with E-state index in [-0.39, 0.29) is 0 Å². The van der Waals surface area contributed by atoms with E-state index in [1.807, 2.05) is 0 Å². The summed E-state index contributed by atoms with van der Waals surface area (Å²) in [5.41, 5.74) is 6.96. The van der Waals surface area contributed by atoms with E-state index in [2.05, 4.69) is 67.9 Å². The predicted molar refractivity (Wildman–Crippen MR) is 91.2 cm³/mol. The third-order valence-corrected chi connectivity index (χ3v) is 4.04. The van der Waals surface area contributed by atoms with Gasteiger partial charge in [-0.15, -0.1) is 3.89 Å². The van der Waals surface area contributed by atoms with Gasteiger partial charge in [0.1, 0.15) is 0 Å². The van der Waals surface area contributed by atoms with Crippen LogP contribution in [0.1, 0.15) is 27.8 Å². The number of rotatable bonds is 0. The molecule has 3 aromatic carbocycles. The number of benzene rings is 3. The Hall–Kier alpha value is -2.37. The Bertz CT molecular complexity index is 1000. The van der Waals surface area contributed by atoms with Crippen LogP contribution in [0.3, 0.4) is 0 Å². The van der Waals surface area contributed by atoms with Crippen molar-refractivity contribution in [2.24, 2.45) is 0 Å². The van der Waals surface area contributed by atoms with Crippen LogP contribution in [0, 0.1) is 13.3 Å². The molecule has 4 rings (SSSR count). The van der Waals surface area contributed by atoms with E-state index in [1.165, 1.54) is 38.6 Å². The van der Waals surface area contributed by atoms with Crippen LogP contribution >= 0.6 is 0 Å². The molecule has 0 aromatic heterocycles. The molecule has 0 spiro atoms. The second-order valence-electron chi connectivity index (χ2n) is 5.78. The second kappa shape index (κ2) is 6.26. The molecule has 0 fully saturated rings. The zero-order valence-corrected chi connectivity index (χ0v) is 13.8. The van der Waals surface area contributed by atoms with Gasteiger partial charge in [-0.3, -0.25) is 0 Å². The Morgan fingerprint density at radius 2 is 1.75 bits per heavy atom. The summed E-state index contributed by atoms with van der Waals surface area (Å²) in [5, 5.41) is 2.71. The minimum absolute atomic E-state index is 1.05. The van der Waals surface area contributed by atoms with Gasteiger partial charge in [0.25, 0.3) is 10.5 Å². The van der Waals surface area contributed by atoms with Gasteiger partial charge < -0.3 is 4.55 Å². The van der Waals surface area contributed by atoms with Crippen molar-refractivity contribution in [1.29, 1.82) is 0 Å². The first kappa shape index (κ1) is 16.5. The molecule has 0 heterocycles. The van der Waals surface area contributed by atoms with Gasteiger partial charge in [-0.05, 0) is 55.0 Å². The highest BCUT2D eigenvalue weighted by molar-refractivity contribution is 7.80. The number of halogens is 1. The summed E-state index contributed by atoms with van der Waals surface area (Å²) >= 11 is 0. The van der Waals surface area contributed by atoms with Crippen LogP contribution < -0.4 is 0 Å². The molecule has 0 aliphatic heterocycles. The second-order valence-corrected chi connectivity index (χ2v) is 6.56. The first-order chi connectivity index (χ1) is 11.3. The molecule has 0 saturated carbocycles. The molecular formula is C19H15FO3S. The fourth-order valence-electron chi connectivity index (χ4n) is 3.04. The number of hydrogen-bond acceptors (Lipinski definition) is 3. The Labute approximate surface area is 140 Å². The van der Waals surface area contributed by atoms with Gasteiger partial charge >= 0.3 is 0 Å². The molecule has 0 amide bonds. The van der Waals surface area contributed by atoms with E-state index < -0.39 is 10.5 Å². The number of hydrogen-bond donors (Lipinski definition) is 0. The Kier molecular flexibility index (Phi) is 4.30. The zero-order chi connectivity index (χ0) is 17.3. The number of aryl methyl sites for hydroxylation is 1. The topological polar surface area (TPSA) is 57.2 Å². The lowest BCUT2D eigenvalue weighted by Gasteiger charge is -2.14. The van der Waals surface area contributed by atoms with Crippen molar-refractivity contribution in [1.82, 2.24) is 0 Å². The lowest BCUT2D eigenvalue weighted by Crippen LogP contribution is -2.05.